The van der Waals surface area contributed by atoms with E-state index in [-0.39, 0.29) is 5.91 Å². The fourth-order valence-corrected chi connectivity index (χ4v) is 3.70. The first-order valence-corrected chi connectivity index (χ1v) is 9.83. The van der Waals surface area contributed by atoms with Crippen LogP contribution in [0.1, 0.15) is 22.5 Å². The van der Waals surface area contributed by atoms with Gasteiger partial charge in [0, 0.05) is 12.4 Å². The first kappa shape index (κ1) is 18.9. The van der Waals surface area contributed by atoms with E-state index in [4.69, 9.17) is 4.42 Å². The molecule has 2 aromatic heterocycles. The van der Waals surface area contributed by atoms with Crippen molar-refractivity contribution in [3.8, 4) is 0 Å². The van der Waals surface area contributed by atoms with Crippen molar-refractivity contribution in [1.82, 2.24) is 9.88 Å². The average molecular weight is 402 g/mol. The molecule has 7 heteroatoms. The van der Waals surface area contributed by atoms with E-state index in [1.807, 2.05) is 55.5 Å². The van der Waals surface area contributed by atoms with Crippen molar-refractivity contribution in [1.29, 1.82) is 0 Å². The van der Waals surface area contributed by atoms with Gasteiger partial charge in [-0.25, -0.2) is 0 Å². The molecule has 1 amide bonds. The van der Waals surface area contributed by atoms with Gasteiger partial charge in [0.15, 0.2) is 5.17 Å². The van der Waals surface area contributed by atoms with Crippen molar-refractivity contribution in [2.75, 3.05) is 0 Å². The van der Waals surface area contributed by atoms with Crippen LogP contribution < -0.4 is 0 Å². The zero-order chi connectivity index (χ0) is 20.1. The Morgan fingerprint density at radius 3 is 2.83 bits per heavy atom. The molecule has 29 heavy (non-hydrogen) atoms. The molecule has 0 saturated carbocycles. The lowest BCUT2D eigenvalue weighted by Crippen LogP contribution is -2.28. The number of carbonyl (C=O) groups excluding carboxylic acids is 1. The molecule has 1 fully saturated rings. The molecule has 1 aliphatic heterocycles. The normalized spacial score (nSPS) is 17.1. The van der Waals surface area contributed by atoms with Gasteiger partial charge in [0.05, 0.1) is 23.9 Å². The van der Waals surface area contributed by atoms with Gasteiger partial charge in [0.2, 0.25) is 0 Å². The number of rotatable bonds is 5. The Morgan fingerprint density at radius 2 is 2.07 bits per heavy atom. The van der Waals surface area contributed by atoms with E-state index >= 15 is 0 Å². The van der Waals surface area contributed by atoms with E-state index in [9.17, 15) is 4.79 Å². The number of aromatic nitrogens is 1. The lowest BCUT2D eigenvalue weighted by atomic mass is 10.1. The van der Waals surface area contributed by atoms with Gasteiger partial charge in [-0.05, 0) is 59.7 Å². The Bertz CT molecular complexity index is 1090. The van der Waals surface area contributed by atoms with Crippen LogP contribution in [0.5, 0.6) is 0 Å². The smallest absolute Gasteiger partial charge is 0.267 e. The standard InChI is InChI=1S/C22H18N4O2S/c1-16-6-2-3-8-18(16)14-24-25-22-26(15-19-9-5-11-28-19)21(27)20(29-22)12-17-7-4-10-23-13-17/h2-14H,15H2,1H3/b20-12-,24-14+,25-22-. The predicted molar refractivity (Wildman–Crippen MR) is 115 cm³/mol. The summed E-state index contributed by atoms with van der Waals surface area (Å²) in [5, 5.41) is 9.04. The molecule has 3 heterocycles. The lowest BCUT2D eigenvalue weighted by molar-refractivity contribution is -0.122. The second kappa shape index (κ2) is 8.70. The molecule has 1 aromatic carbocycles. The van der Waals surface area contributed by atoms with Crippen LogP contribution in [0.2, 0.25) is 0 Å². The average Bonchev–Trinajstić information content (AvgIpc) is 3.35. The van der Waals surface area contributed by atoms with Gasteiger partial charge in [-0.3, -0.25) is 14.7 Å². The molecule has 144 valence electrons. The van der Waals surface area contributed by atoms with E-state index in [2.05, 4.69) is 15.2 Å². The van der Waals surface area contributed by atoms with E-state index in [1.54, 1.807) is 35.8 Å². The Labute approximate surface area is 172 Å². The summed E-state index contributed by atoms with van der Waals surface area (Å²) in [6, 6.07) is 15.3. The third-order valence-electron chi connectivity index (χ3n) is 4.29. The Kier molecular flexibility index (Phi) is 5.67. The Balaban J connectivity index is 1.63. The molecule has 0 radical (unpaired) electrons. The fourth-order valence-electron chi connectivity index (χ4n) is 2.77. The van der Waals surface area contributed by atoms with Crippen molar-refractivity contribution < 1.29 is 9.21 Å². The maximum absolute atomic E-state index is 13.0. The molecule has 4 rings (SSSR count). The second-order valence-electron chi connectivity index (χ2n) is 6.35. The van der Waals surface area contributed by atoms with Gasteiger partial charge >= 0.3 is 0 Å². The largest absolute Gasteiger partial charge is 0.467 e. The van der Waals surface area contributed by atoms with E-state index in [0.717, 1.165) is 16.7 Å². The second-order valence-corrected chi connectivity index (χ2v) is 7.36. The molecule has 0 N–H and O–H groups in total. The fraction of sp³-hybridized carbons (Fsp3) is 0.0909. The van der Waals surface area contributed by atoms with Crippen LogP contribution in [0.4, 0.5) is 0 Å². The van der Waals surface area contributed by atoms with Crippen LogP contribution in [0.15, 0.2) is 86.7 Å². The molecule has 0 unspecified atom stereocenters. The summed E-state index contributed by atoms with van der Waals surface area (Å²) in [7, 11) is 0. The molecule has 0 bridgehead atoms. The first-order valence-electron chi connectivity index (χ1n) is 9.01. The van der Waals surface area contributed by atoms with Crippen LogP contribution in [-0.2, 0) is 11.3 Å². The Hall–Kier alpha value is -3.45. The van der Waals surface area contributed by atoms with Gasteiger partial charge in [-0.15, -0.1) is 5.10 Å². The summed E-state index contributed by atoms with van der Waals surface area (Å²) in [6.07, 6.45) is 8.50. The summed E-state index contributed by atoms with van der Waals surface area (Å²) < 4.78 is 5.41. The van der Waals surface area contributed by atoms with Crippen LogP contribution in [-0.4, -0.2) is 27.2 Å². The quantitative estimate of drug-likeness (QED) is 0.358. The van der Waals surface area contributed by atoms with Crippen molar-refractivity contribution in [3.05, 3.63) is 94.5 Å². The number of benzene rings is 1. The molecule has 0 atom stereocenters. The van der Waals surface area contributed by atoms with E-state index in [1.165, 1.54) is 11.8 Å². The number of hydrogen-bond donors (Lipinski definition) is 0. The van der Waals surface area contributed by atoms with E-state index in [0.29, 0.717) is 22.4 Å². The minimum atomic E-state index is -0.139. The molecular formula is C22H18N4O2S. The summed E-state index contributed by atoms with van der Waals surface area (Å²) in [6.45, 7) is 2.31. The third kappa shape index (κ3) is 4.52. The topological polar surface area (TPSA) is 71.1 Å². The van der Waals surface area contributed by atoms with Gasteiger partial charge in [-0.2, -0.15) is 5.10 Å². The molecule has 0 aliphatic carbocycles. The van der Waals surface area contributed by atoms with E-state index < -0.39 is 0 Å². The highest BCUT2D eigenvalue weighted by atomic mass is 32.2. The Morgan fingerprint density at radius 1 is 1.17 bits per heavy atom. The number of aryl methyl sites for hydroxylation is 1. The number of nitrogens with zero attached hydrogens (tertiary/aromatic N) is 4. The predicted octanol–water partition coefficient (Wildman–Crippen LogP) is 4.49. The molecular weight excluding hydrogens is 384 g/mol. The van der Waals surface area contributed by atoms with Gasteiger partial charge in [0.1, 0.15) is 5.76 Å². The number of thioether (sulfide) groups is 1. The number of hydrogen-bond acceptors (Lipinski definition) is 6. The summed E-state index contributed by atoms with van der Waals surface area (Å²) in [5.41, 5.74) is 2.94. The maximum Gasteiger partial charge on any atom is 0.267 e. The minimum Gasteiger partial charge on any atom is -0.467 e. The number of pyridine rings is 1. The maximum atomic E-state index is 13.0. The van der Waals surface area contributed by atoms with Crippen molar-refractivity contribution in [2.24, 2.45) is 10.2 Å². The summed E-state index contributed by atoms with van der Waals surface area (Å²) in [5.74, 6) is 0.539. The molecule has 1 saturated heterocycles. The minimum absolute atomic E-state index is 0.139. The van der Waals surface area contributed by atoms with Crippen LogP contribution >= 0.6 is 11.8 Å². The number of amides is 1. The van der Waals surface area contributed by atoms with Crippen molar-refractivity contribution >= 4 is 35.1 Å². The summed E-state index contributed by atoms with van der Waals surface area (Å²) in [4.78, 5) is 19.2. The highest BCUT2D eigenvalue weighted by Gasteiger charge is 2.34. The molecule has 3 aromatic rings. The monoisotopic (exact) mass is 402 g/mol. The highest BCUT2D eigenvalue weighted by molar-refractivity contribution is 8.18. The highest BCUT2D eigenvalue weighted by Crippen LogP contribution is 2.33. The molecule has 1 aliphatic rings. The first-order chi connectivity index (χ1) is 14.2. The van der Waals surface area contributed by atoms with Crippen LogP contribution in [0, 0.1) is 6.92 Å². The molecule has 6 nitrogen and oxygen atoms in total. The van der Waals surface area contributed by atoms with Crippen LogP contribution in [0.3, 0.4) is 0 Å². The summed E-state index contributed by atoms with van der Waals surface area (Å²) >= 11 is 1.29. The van der Waals surface area contributed by atoms with Gasteiger partial charge in [-0.1, -0.05) is 30.3 Å². The zero-order valence-electron chi connectivity index (χ0n) is 15.7. The third-order valence-corrected chi connectivity index (χ3v) is 5.29. The molecule has 0 spiro atoms. The SMILES string of the molecule is Cc1ccccc1/C=N/N=C1\S/C(=C\c2cccnc2)C(=O)N1Cc1ccco1. The van der Waals surface area contributed by atoms with Crippen molar-refractivity contribution in [2.45, 2.75) is 13.5 Å². The number of furan rings is 1. The number of amidine groups is 1. The van der Waals surface area contributed by atoms with Crippen LogP contribution in [0.25, 0.3) is 6.08 Å². The number of carbonyl (C=O) groups is 1. The van der Waals surface area contributed by atoms with Gasteiger partial charge < -0.3 is 4.42 Å². The van der Waals surface area contributed by atoms with Crippen molar-refractivity contribution in [3.63, 3.8) is 0 Å². The lowest BCUT2D eigenvalue weighted by Gasteiger charge is -2.12. The van der Waals surface area contributed by atoms with Gasteiger partial charge in [0.25, 0.3) is 5.91 Å². The zero-order valence-corrected chi connectivity index (χ0v) is 16.5.